The molecule has 0 heterocycles. The van der Waals surface area contributed by atoms with Crippen molar-refractivity contribution in [2.24, 2.45) is 5.73 Å². The van der Waals surface area contributed by atoms with E-state index in [2.05, 4.69) is 10.1 Å². The second-order valence-electron chi connectivity index (χ2n) is 3.32. The zero-order valence-electron chi connectivity index (χ0n) is 8.98. The number of nitrogens with two attached hydrogens (primary N) is 1. The molecule has 5 heteroatoms. The highest BCUT2D eigenvalue weighted by Gasteiger charge is 1.95. The lowest BCUT2D eigenvalue weighted by atomic mass is 10.1. The second-order valence-corrected chi connectivity index (χ2v) is 3.32. The molecule has 0 bridgehead atoms. The molecule has 1 amide bonds. The standard InChI is InChI=1S/C11H16N2O3/c12-11(15)16-6-5-13-7-9-1-3-10(8-14)4-2-9/h1-4,13-14H,5-8H2,(H2,12,15). The lowest BCUT2D eigenvalue weighted by molar-refractivity contribution is 0.157. The lowest BCUT2D eigenvalue weighted by Crippen LogP contribution is -2.23. The highest BCUT2D eigenvalue weighted by Crippen LogP contribution is 2.03. The van der Waals surface area contributed by atoms with Gasteiger partial charge in [0.05, 0.1) is 6.61 Å². The first-order valence-electron chi connectivity index (χ1n) is 5.04. The van der Waals surface area contributed by atoms with E-state index in [1.165, 1.54) is 0 Å². The molecule has 0 radical (unpaired) electrons. The summed E-state index contributed by atoms with van der Waals surface area (Å²) >= 11 is 0. The molecular formula is C11H16N2O3. The fourth-order valence-corrected chi connectivity index (χ4v) is 1.22. The average molecular weight is 224 g/mol. The number of carbonyl (C=O) groups is 1. The van der Waals surface area contributed by atoms with Crippen molar-refractivity contribution in [3.63, 3.8) is 0 Å². The number of rotatable bonds is 6. The van der Waals surface area contributed by atoms with Crippen LogP contribution in [-0.2, 0) is 17.9 Å². The predicted molar refractivity (Wildman–Crippen MR) is 59.6 cm³/mol. The van der Waals surface area contributed by atoms with Gasteiger partial charge in [-0.2, -0.15) is 0 Å². The minimum Gasteiger partial charge on any atom is -0.448 e. The second kappa shape index (κ2) is 6.81. The highest BCUT2D eigenvalue weighted by atomic mass is 16.5. The van der Waals surface area contributed by atoms with Crippen LogP contribution in [0.2, 0.25) is 0 Å². The largest absolute Gasteiger partial charge is 0.448 e. The number of primary amides is 1. The van der Waals surface area contributed by atoms with Crippen molar-refractivity contribution in [1.82, 2.24) is 5.32 Å². The number of hydrogen-bond acceptors (Lipinski definition) is 4. The first-order chi connectivity index (χ1) is 7.72. The maximum absolute atomic E-state index is 10.3. The Morgan fingerprint density at radius 3 is 2.50 bits per heavy atom. The van der Waals surface area contributed by atoms with Crippen molar-refractivity contribution < 1.29 is 14.6 Å². The maximum atomic E-state index is 10.3. The van der Waals surface area contributed by atoms with E-state index in [9.17, 15) is 4.79 Å². The lowest BCUT2D eigenvalue weighted by Gasteiger charge is -2.05. The molecule has 1 aromatic carbocycles. The van der Waals surface area contributed by atoms with Crippen LogP contribution in [0.25, 0.3) is 0 Å². The summed E-state index contributed by atoms with van der Waals surface area (Å²) in [6.07, 6.45) is -0.755. The molecule has 0 aromatic heterocycles. The van der Waals surface area contributed by atoms with Gasteiger partial charge in [0.25, 0.3) is 0 Å². The zero-order valence-corrected chi connectivity index (χ0v) is 8.98. The summed E-state index contributed by atoms with van der Waals surface area (Å²) < 4.78 is 4.56. The van der Waals surface area contributed by atoms with Gasteiger partial charge in [-0.15, -0.1) is 0 Å². The Labute approximate surface area is 94.2 Å². The molecule has 0 atom stereocenters. The topological polar surface area (TPSA) is 84.6 Å². The molecule has 4 N–H and O–H groups in total. The van der Waals surface area contributed by atoms with E-state index >= 15 is 0 Å². The van der Waals surface area contributed by atoms with Crippen LogP contribution < -0.4 is 11.1 Å². The monoisotopic (exact) mass is 224 g/mol. The molecule has 0 unspecified atom stereocenters. The van der Waals surface area contributed by atoms with E-state index in [-0.39, 0.29) is 13.2 Å². The van der Waals surface area contributed by atoms with E-state index in [0.717, 1.165) is 11.1 Å². The quantitative estimate of drug-likeness (QED) is 0.609. The number of nitrogens with one attached hydrogen (secondary N) is 1. The Morgan fingerprint density at radius 1 is 1.31 bits per heavy atom. The Hall–Kier alpha value is -1.59. The van der Waals surface area contributed by atoms with Crippen molar-refractivity contribution in [3.05, 3.63) is 35.4 Å². The zero-order chi connectivity index (χ0) is 11.8. The van der Waals surface area contributed by atoms with Gasteiger partial charge in [-0.05, 0) is 11.1 Å². The average Bonchev–Trinajstić information content (AvgIpc) is 2.29. The Bertz CT molecular complexity index is 325. The number of hydrogen-bond donors (Lipinski definition) is 3. The number of benzene rings is 1. The van der Waals surface area contributed by atoms with Crippen molar-refractivity contribution in [3.8, 4) is 0 Å². The molecule has 0 aliphatic carbocycles. The molecule has 0 fully saturated rings. The van der Waals surface area contributed by atoms with Crippen LogP contribution in [0.4, 0.5) is 4.79 Å². The van der Waals surface area contributed by atoms with Crippen LogP contribution in [0.5, 0.6) is 0 Å². The maximum Gasteiger partial charge on any atom is 0.404 e. The van der Waals surface area contributed by atoms with E-state index in [0.29, 0.717) is 13.1 Å². The number of carbonyl (C=O) groups excluding carboxylic acids is 1. The molecule has 0 aliphatic rings. The van der Waals surface area contributed by atoms with E-state index in [1.807, 2.05) is 24.3 Å². The third-order valence-corrected chi connectivity index (χ3v) is 2.06. The van der Waals surface area contributed by atoms with E-state index < -0.39 is 6.09 Å². The third-order valence-electron chi connectivity index (χ3n) is 2.06. The first kappa shape index (κ1) is 12.5. The Kier molecular flexibility index (Phi) is 5.31. The van der Waals surface area contributed by atoms with E-state index in [4.69, 9.17) is 10.8 Å². The summed E-state index contributed by atoms with van der Waals surface area (Å²) in [5.41, 5.74) is 6.80. The summed E-state index contributed by atoms with van der Waals surface area (Å²) in [5, 5.41) is 11.9. The molecule has 1 rings (SSSR count). The van der Waals surface area contributed by atoms with Gasteiger partial charge in [0, 0.05) is 13.1 Å². The van der Waals surface area contributed by atoms with Crippen LogP contribution in [0.15, 0.2) is 24.3 Å². The molecule has 88 valence electrons. The fourth-order valence-electron chi connectivity index (χ4n) is 1.22. The van der Waals surface area contributed by atoms with Gasteiger partial charge in [-0.25, -0.2) is 4.79 Å². The molecular weight excluding hydrogens is 208 g/mol. The van der Waals surface area contributed by atoms with Gasteiger partial charge in [0.15, 0.2) is 0 Å². The SMILES string of the molecule is NC(=O)OCCNCc1ccc(CO)cc1. The molecule has 1 aromatic rings. The van der Waals surface area contributed by atoms with Crippen LogP contribution in [-0.4, -0.2) is 24.4 Å². The third kappa shape index (κ3) is 4.77. The smallest absolute Gasteiger partial charge is 0.404 e. The molecule has 0 saturated carbocycles. The molecule has 5 nitrogen and oxygen atoms in total. The van der Waals surface area contributed by atoms with Gasteiger partial charge >= 0.3 is 6.09 Å². The molecule has 0 spiro atoms. The number of amides is 1. The minimum atomic E-state index is -0.755. The van der Waals surface area contributed by atoms with Gasteiger partial charge in [-0.1, -0.05) is 24.3 Å². The van der Waals surface area contributed by atoms with Gasteiger partial charge < -0.3 is 20.9 Å². The van der Waals surface area contributed by atoms with Gasteiger partial charge in [0.1, 0.15) is 6.61 Å². The summed E-state index contributed by atoms with van der Waals surface area (Å²) in [4.78, 5) is 10.3. The summed E-state index contributed by atoms with van der Waals surface area (Å²) in [5.74, 6) is 0. The minimum absolute atomic E-state index is 0.0557. The first-order valence-corrected chi connectivity index (χ1v) is 5.04. The van der Waals surface area contributed by atoms with Crippen LogP contribution in [0.1, 0.15) is 11.1 Å². The summed E-state index contributed by atoms with van der Waals surface area (Å²) in [6, 6.07) is 7.62. The number of aliphatic hydroxyl groups is 1. The van der Waals surface area contributed by atoms with Crippen molar-refractivity contribution >= 4 is 6.09 Å². The van der Waals surface area contributed by atoms with Crippen LogP contribution in [0, 0.1) is 0 Å². The van der Waals surface area contributed by atoms with Crippen molar-refractivity contribution in [2.75, 3.05) is 13.2 Å². The van der Waals surface area contributed by atoms with Crippen molar-refractivity contribution in [2.45, 2.75) is 13.2 Å². The summed E-state index contributed by atoms with van der Waals surface area (Å²) in [7, 11) is 0. The highest BCUT2D eigenvalue weighted by molar-refractivity contribution is 5.64. The van der Waals surface area contributed by atoms with Crippen molar-refractivity contribution in [1.29, 1.82) is 0 Å². The Morgan fingerprint density at radius 2 is 1.94 bits per heavy atom. The number of ether oxygens (including phenoxy) is 1. The van der Waals surface area contributed by atoms with Gasteiger partial charge in [-0.3, -0.25) is 0 Å². The summed E-state index contributed by atoms with van der Waals surface area (Å²) in [6.45, 7) is 1.57. The van der Waals surface area contributed by atoms with Crippen LogP contribution >= 0.6 is 0 Å². The molecule has 0 aliphatic heterocycles. The normalized spacial score (nSPS) is 10.1. The fraction of sp³-hybridized carbons (Fsp3) is 0.364. The van der Waals surface area contributed by atoms with Crippen LogP contribution in [0.3, 0.4) is 0 Å². The number of aliphatic hydroxyl groups excluding tert-OH is 1. The predicted octanol–water partition coefficient (Wildman–Crippen LogP) is 0.364. The molecule has 0 saturated heterocycles. The van der Waals surface area contributed by atoms with Gasteiger partial charge in [0.2, 0.25) is 0 Å². The molecule has 16 heavy (non-hydrogen) atoms. The van der Waals surface area contributed by atoms with E-state index in [1.54, 1.807) is 0 Å². The Balaban J connectivity index is 2.19.